The summed E-state index contributed by atoms with van der Waals surface area (Å²) in [7, 11) is 1.82. The lowest BCUT2D eigenvalue weighted by Gasteiger charge is -2.13. The summed E-state index contributed by atoms with van der Waals surface area (Å²) in [5.41, 5.74) is 2.05. The first-order valence-corrected chi connectivity index (χ1v) is 6.89. The average Bonchev–Trinajstić information content (AvgIpc) is 3.13. The molecule has 0 unspecified atom stereocenters. The number of benzene rings is 1. The fourth-order valence-electron chi connectivity index (χ4n) is 2.25. The lowest BCUT2D eigenvalue weighted by molar-refractivity contribution is 0.104. The molecule has 1 aliphatic rings. The highest BCUT2D eigenvalue weighted by Crippen LogP contribution is 2.20. The minimum atomic E-state index is -0.379. The number of carbonyl (C=O) groups excluding carboxylic acids is 2. The molecule has 0 atom stereocenters. The molecule has 1 aromatic carbocycles. The molecule has 112 valence electrons. The zero-order chi connectivity index (χ0) is 15.5. The predicted molar refractivity (Wildman–Crippen MR) is 81.7 cm³/mol. The Morgan fingerprint density at radius 2 is 2.27 bits per heavy atom. The molecule has 1 fully saturated rings. The van der Waals surface area contributed by atoms with Crippen LogP contribution in [0.5, 0.6) is 0 Å². The van der Waals surface area contributed by atoms with Crippen molar-refractivity contribution in [3.63, 3.8) is 0 Å². The van der Waals surface area contributed by atoms with Gasteiger partial charge in [0, 0.05) is 30.1 Å². The summed E-state index contributed by atoms with van der Waals surface area (Å²) in [6.45, 7) is 0.875. The quantitative estimate of drug-likeness (QED) is 0.641. The van der Waals surface area contributed by atoms with E-state index >= 15 is 0 Å². The van der Waals surface area contributed by atoms with E-state index in [-0.39, 0.29) is 11.9 Å². The summed E-state index contributed by atoms with van der Waals surface area (Å²) < 4.78 is 6.58. The summed E-state index contributed by atoms with van der Waals surface area (Å²) >= 11 is 0. The Morgan fingerprint density at radius 1 is 1.41 bits per heavy atom. The molecule has 0 radical (unpaired) electrons. The highest BCUT2D eigenvalue weighted by molar-refractivity contribution is 6.07. The van der Waals surface area contributed by atoms with Crippen molar-refractivity contribution < 1.29 is 14.3 Å². The van der Waals surface area contributed by atoms with Crippen molar-refractivity contribution in [2.24, 2.45) is 7.05 Å². The van der Waals surface area contributed by atoms with Crippen molar-refractivity contribution >= 4 is 23.6 Å². The lowest BCUT2D eigenvalue weighted by atomic mass is 10.1. The van der Waals surface area contributed by atoms with Crippen LogP contribution >= 0.6 is 0 Å². The largest absolute Gasteiger partial charge is 0.447 e. The van der Waals surface area contributed by atoms with E-state index in [1.54, 1.807) is 41.2 Å². The first-order chi connectivity index (χ1) is 10.6. The summed E-state index contributed by atoms with van der Waals surface area (Å²) in [6, 6.07) is 6.96. The maximum atomic E-state index is 12.2. The van der Waals surface area contributed by atoms with E-state index in [1.165, 1.54) is 11.0 Å². The van der Waals surface area contributed by atoms with E-state index in [9.17, 15) is 9.59 Å². The second kappa shape index (κ2) is 5.85. The predicted octanol–water partition coefficient (Wildman–Crippen LogP) is 2.27. The Kier molecular flexibility index (Phi) is 3.74. The molecule has 22 heavy (non-hydrogen) atoms. The molecule has 2 heterocycles. The Hall–Kier alpha value is -2.89. The van der Waals surface area contributed by atoms with Gasteiger partial charge in [0.25, 0.3) is 0 Å². The van der Waals surface area contributed by atoms with Crippen molar-refractivity contribution in [2.45, 2.75) is 0 Å². The number of aromatic nitrogens is 2. The van der Waals surface area contributed by atoms with Gasteiger partial charge in [0.1, 0.15) is 6.61 Å². The number of rotatable bonds is 4. The van der Waals surface area contributed by atoms with Crippen LogP contribution in [0.15, 0.2) is 42.7 Å². The van der Waals surface area contributed by atoms with E-state index in [0.717, 1.165) is 5.56 Å². The van der Waals surface area contributed by atoms with Crippen molar-refractivity contribution in [1.29, 1.82) is 0 Å². The highest BCUT2D eigenvalue weighted by Gasteiger charge is 2.23. The molecule has 0 spiro atoms. The number of anilines is 1. The van der Waals surface area contributed by atoms with Gasteiger partial charge in [0.05, 0.1) is 12.7 Å². The molecule has 1 saturated heterocycles. The smallest absolute Gasteiger partial charge is 0.414 e. The number of nitrogens with zero attached hydrogens (tertiary/aromatic N) is 3. The zero-order valence-corrected chi connectivity index (χ0v) is 12.1. The average molecular weight is 297 g/mol. The van der Waals surface area contributed by atoms with Crippen LogP contribution in [0.2, 0.25) is 0 Å². The van der Waals surface area contributed by atoms with Crippen molar-refractivity contribution in [3.8, 4) is 0 Å². The SMILES string of the molecule is Cn1cc(/C=C\C(=O)c2cccc(N3CCOC3=O)c2)cn1. The summed E-state index contributed by atoms with van der Waals surface area (Å²) in [6.07, 6.45) is 6.33. The van der Waals surface area contributed by atoms with Crippen LogP contribution < -0.4 is 4.90 Å². The normalized spacial score (nSPS) is 14.6. The summed E-state index contributed by atoms with van der Waals surface area (Å²) in [4.78, 5) is 25.3. The first kappa shape index (κ1) is 14.1. The number of ketones is 1. The number of amides is 1. The number of aryl methyl sites for hydroxylation is 1. The fraction of sp³-hybridized carbons (Fsp3) is 0.188. The zero-order valence-electron chi connectivity index (χ0n) is 12.1. The second-order valence-corrected chi connectivity index (χ2v) is 4.96. The summed E-state index contributed by atoms with van der Waals surface area (Å²) in [5, 5.41) is 4.04. The maximum Gasteiger partial charge on any atom is 0.414 e. The molecule has 2 aromatic rings. The third-order valence-corrected chi connectivity index (χ3v) is 3.36. The van der Waals surface area contributed by atoms with Crippen LogP contribution in [-0.2, 0) is 11.8 Å². The van der Waals surface area contributed by atoms with Crippen LogP contribution in [0.25, 0.3) is 6.08 Å². The molecule has 1 amide bonds. The van der Waals surface area contributed by atoms with Gasteiger partial charge in [-0.1, -0.05) is 12.1 Å². The lowest BCUT2D eigenvalue weighted by Crippen LogP contribution is -2.23. The van der Waals surface area contributed by atoms with Crippen molar-refractivity contribution in [3.05, 3.63) is 53.9 Å². The molecule has 1 aromatic heterocycles. The van der Waals surface area contributed by atoms with E-state index in [4.69, 9.17) is 4.74 Å². The van der Waals surface area contributed by atoms with Crippen molar-refractivity contribution in [1.82, 2.24) is 9.78 Å². The number of ether oxygens (including phenoxy) is 1. The molecule has 6 nitrogen and oxygen atoms in total. The third kappa shape index (κ3) is 2.90. The van der Waals surface area contributed by atoms with Gasteiger partial charge in [0.15, 0.2) is 5.78 Å². The van der Waals surface area contributed by atoms with Crippen LogP contribution in [0, 0.1) is 0 Å². The second-order valence-electron chi connectivity index (χ2n) is 4.96. The number of cyclic esters (lactones) is 1. The van der Waals surface area contributed by atoms with Crippen LogP contribution in [0.1, 0.15) is 15.9 Å². The van der Waals surface area contributed by atoms with E-state index in [0.29, 0.717) is 24.4 Å². The Bertz CT molecular complexity index is 749. The standard InChI is InChI=1S/C16H15N3O3/c1-18-11-12(10-17-18)5-6-15(20)13-3-2-4-14(9-13)19-7-8-22-16(19)21/h2-6,9-11H,7-8H2,1H3/b6-5-. The first-order valence-electron chi connectivity index (χ1n) is 6.89. The van der Waals surface area contributed by atoms with E-state index < -0.39 is 0 Å². The van der Waals surface area contributed by atoms with Gasteiger partial charge in [-0.15, -0.1) is 0 Å². The Morgan fingerprint density at radius 3 is 2.95 bits per heavy atom. The van der Waals surface area contributed by atoms with E-state index in [2.05, 4.69) is 5.10 Å². The molecule has 0 saturated carbocycles. The number of carbonyl (C=O) groups is 2. The van der Waals surface area contributed by atoms with Gasteiger partial charge in [-0.2, -0.15) is 5.10 Å². The Balaban J connectivity index is 1.78. The molecule has 6 heteroatoms. The van der Waals surface area contributed by atoms with Gasteiger partial charge in [-0.05, 0) is 24.3 Å². The van der Waals surface area contributed by atoms with Gasteiger partial charge in [0.2, 0.25) is 0 Å². The van der Waals surface area contributed by atoms with Gasteiger partial charge < -0.3 is 4.74 Å². The van der Waals surface area contributed by atoms with E-state index in [1.807, 2.05) is 13.2 Å². The minimum absolute atomic E-state index is 0.127. The number of hydrogen-bond acceptors (Lipinski definition) is 4. The molecular formula is C16H15N3O3. The topological polar surface area (TPSA) is 64.4 Å². The van der Waals surface area contributed by atoms with Crippen molar-refractivity contribution in [2.75, 3.05) is 18.1 Å². The summed E-state index contributed by atoms with van der Waals surface area (Å²) in [5.74, 6) is -0.127. The molecule has 3 rings (SSSR count). The molecule has 0 aliphatic carbocycles. The van der Waals surface area contributed by atoms with Gasteiger partial charge >= 0.3 is 6.09 Å². The molecule has 0 N–H and O–H groups in total. The minimum Gasteiger partial charge on any atom is -0.447 e. The maximum absolute atomic E-state index is 12.2. The van der Waals surface area contributed by atoms with Crippen LogP contribution in [-0.4, -0.2) is 34.8 Å². The highest BCUT2D eigenvalue weighted by atomic mass is 16.6. The van der Waals surface area contributed by atoms with Gasteiger partial charge in [-0.3, -0.25) is 14.4 Å². The molecule has 1 aliphatic heterocycles. The Labute approximate surface area is 127 Å². The monoisotopic (exact) mass is 297 g/mol. The van der Waals surface area contributed by atoms with Gasteiger partial charge in [-0.25, -0.2) is 4.79 Å². The fourth-order valence-corrected chi connectivity index (χ4v) is 2.25. The molecule has 0 bridgehead atoms. The van der Waals surface area contributed by atoms with Crippen LogP contribution in [0.4, 0.5) is 10.5 Å². The number of allylic oxidation sites excluding steroid dienone is 1. The third-order valence-electron chi connectivity index (χ3n) is 3.36. The number of hydrogen-bond donors (Lipinski definition) is 0. The van der Waals surface area contributed by atoms with Crippen LogP contribution in [0.3, 0.4) is 0 Å². The molecular weight excluding hydrogens is 282 g/mol.